The molecule has 0 atom stereocenters. The molecule has 0 aliphatic rings. The zero-order valence-corrected chi connectivity index (χ0v) is 12.3. The predicted octanol–water partition coefficient (Wildman–Crippen LogP) is 3.29. The van der Waals surface area contributed by atoms with E-state index in [1.807, 2.05) is 41.3 Å². The summed E-state index contributed by atoms with van der Waals surface area (Å²) in [6.07, 6.45) is 8.11. The van der Waals surface area contributed by atoms with Crippen molar-refractivity contribution in [2.24, 2.45) is 0 Å². The van der Waals surface area contributed by atoms with E-state index in [4.69, 9.17) is 0 Å². The molecule has 0 amide bonds. The van der Waals surface area contributed by atoms with Gasteiger partial charge in [-0.1, -0.05) is 30.3 Å². The number of aldehydes is 1. The van der Waals surface area contributed by atoms with Crippen molar-refractivity contribution in [3.63, 3.8) is 0 Å². The van der Waals surface area contributed by atoms with Gasteiger partial charge in [-0.25, -0.2) is 4.98 Å². The van der Waals surface area contributed by atoms with Crippen LogP contribution in [0.25, 0.3) is 22.2 Å². The first-order valence-corrected chi connectivity index (χ1v) is 7.32. The fourth-order valence-corrected chi connectivity index (χ4v) is 2.65. The van der Waals surface area contributed by atoms with Gasteiger partial charge in [0.25, 0.3) is 0 Å². The van der Waals surface area contributed by atoms with Crippen LogP contribution < -0.4 is 0 Å². The number of nitrogens with one attached hydrogen (secondary N) is 1. The number of carbonyl (C=O) groups is 1. The first-order chi connectivity index (χ1) is 11.3. The Hall–Kier alpha value is -3.21. The number of hydrogen-bond donors (Lipinski definition) is 1. The maximum atomic E-state index is 11.1. The third-order valence-electron chi connectivity index (χ3n) is 3.84. The molecule has 0 fully saturated rings. The van der Waals surface area contributed by atoms with Crippen molar-refractivity contribution in [3.05, 3.63) is 72.3 Å². The van der Waals surface area contributed by atoms with Crippen molar-refractivity contribution >= 4 is 17.3 Å². The zero-order valence-electron chi connectivity index (χ0n) is 12.3. The molecule has 3 aromatic heterocycles. The molecule has 0 aliphatic carbocycles. The Kier molecular flexibility index (Phi) is 3.24. The Bertz CT molecular complexity index is 969. The van der Waals surface area contributed by atoms with Crippen LogP contribution in [0.5, 0.6) is 0 Å². The monoisotopic (exact) mass is 302 g/mol. The van der Waals surface area contributed by atoms with E-state index in [1.165, 1.54) is 5.56 Å². The van der Waals surface area contributed by atoms with Crippen molar-refractivity contribution in [2.45, 2.75) is 6.54 Å². The van der Waals surface area contributed by atoms with Crippen LogP contribution in [-0.4, -0.2) is 26.0 Å². The lowest BCUT2D eigenvalue weighted by molar-refractivity contribution is 0.112. The van der Waals surface area contributed by atoms with Gasteiger partial charge < -0.3 is 4.98 Å². The number of pyridine rings is 1. The number of benzene rings is 1. The molecule has 1 N–H and O–H groups in total. The van der Waals surface area contributed by atoms with Crippen LogP contribution in [0.3, 0.4) is 0 Å². The Morgan fingerprint density at radius 3 is 2.83 bits per heavy atom. The number of H-pyrrole nitrogens is 1. The van der Waals surface area contributed by atoms with Gasteiger partial charge in [0.2, 0.25) is 0 Å². The Balaban J connectivity index is 1.67. The summed E-state index contributed by atoms with van der Waals surface area (Å²) >= 11 is 0. The number of carbonyl (C=O) groups excluding carboxylic acids is 1. The molecule has 0 saturated heterocycles. The van der Waals surface area contributed by atoms with Gasteiger partial charge in [0.1, 0.15) is 5.65 Å². The van der Waals surface area contributed by atoms with E-state index >= 15 is 0 Å². The minimum Gasteiger partial charge on any atom is -0.345 e. The molecule has 4 aromatic rings. The summed E-state index contributed by atoms with van der Waals surface area (Å²) in [5.41, 5.74) is 4.45. The summed E-state index contributed by atoms with van der Waals surface area (Å²) in [7, 11) is 0. The van der Waals surface area contributed by atoms with E-state index in [9.17, 15) is 4.79 Å². The third kappa shape index (κ3) is 2.53. The number of aromatic amines is 1. The molecule has 5 nitrogen and oxygen atoms in total. The van der Waals surface area contributed by atoms with E-state index in [0.717, 1.165) is 29.3 Å². The number of aromatic nitrogens is 4. The number of hydrogen-bond acceptors (Lipinski definition) is 3. The SMILES string of the molecule is O=Cc1c[nH]c2ncc(-c3cnn(Cc4ccccc4)c3)cc12. The van der Waals surface area contributed by atoms with Crippen LogP contribution >= 0.6 is 0 Å². The molecule has 5 heteroatoms. The van der Waals surface area contributed by atoms with E-state index in [1.54, 1.807) is 12.4 Å². The topological polar surface area (TPSA) is 63.6 Å². The molecule has 23 heavy (non-hydrogen) atoms. The van der Waals surface area contributed by atoms with E-state index in [0.29, 0.717) is 11.2 Å². The fraction of sp³-hybridized carbons (Fsp3) is 0.0556. The molecule has 1 aromatic carbocycles. The molecule has 112 valence electrons. The maximum absolute atomic E-state index is 11.1. The predicted molar refractivity (Wildman–Crippen MR) is 88.2 cm³/mol. The highest BCUT2D eigenvalue weighted by atomic mass is 16.1. The van der Waals surface area contributed by atoms with Gasteiger partial charge in [0, 0.05) is 40.7 Å². The lowest BCUT2D eigenvalue weighted by Gasteiger charge is -2.01. The average molecular weight is 302 g/mol. The second kappa shape index (κ2) is 5.53. The van der Waals surface area contributed by atoms with Crippen molar-refractivity contribution in [3.8, 4) is 11.1 Å². The quantitative estimate of drug-likeness (QED) is 0.588. The third-order valence-corrected chi connectivity index (χ3v) is 3.84. The molecule has 0 aliphatic heterocycles. The second-order valence-electron chi connectivity index (χ2n) is 5.39. The van der Waals surface area contributed by atoms with E-state index in [-0.39, 0.29) is 0 Å². The van der Waals surface area contributed by atoms with Crippen LogP contribution in [0.4, 0.5) is 0 Å². The van der Waals surface area contributed by atoms with Gasteiger partial charge in [-0.15, -0.1) is 0 Å². The Labute approximate surface area is 132 Å². The molecular weight excluding hydrogens is 288 g/mol. The zero-order chi connectivity index (χ0) is 15.6. The highest BCUT2D eigenvalue weighted by molar-refractivity contribution is 5.97. The van der Waals surface area contributed by atoms with Gasteiger partial charge in [-0.3, -0.25) is 9.48 Å². The summed E-state index contributed by atoms with van der Waals surface area (Å²) in [6.45, 7) is 0.722. The van der Waals surface area contributed by atoms with Gasteiger partial charge >= 0.3 is 0 Å². The van der Waals surface area contributed by atoms with Crippen LogP contribution in [-0.2, 0) is 6.54 Å². The lowest BCUT2D eigenvalue weighted by atomic mass is 10.1. The first kappa shape index (κ1) is 13.5. The highest BCUT2D eigenvalue weighted by Crippen LogP contribution is 2.23. The lowest BCUT2D eigenvalue weighted by Crippen LogP contribution is -1.99. The molecule has 0 unspecified atom stereocenters. The smallest absolute Gasteiger partial charge is 0.152 e. The van der Waals surface area contributed by atoms with Crippen LogP contribution in [0.15, 0.2) is 61.2 Å². The molecular formula is C18H14N4O. The van der Waals surface area contributed by atoms with Gasteiger partial charge in [0.05, 0.1) is 12.7 Å². The summed E-state index contributed by atoms with van der Waals surface area (Å²) in [4.78, 5) is 18.4. The highest BCUT2D eigenvalue weighted by Gasteiger charge is 2.08. The van der Waals surface area contributed by atoms with Crippen LogP contribution in [0.2, 0.25) is 0 Å². The molecule has 4 rings (SSSR count). The molecule has 0 saturated carbocycles. The average Bonchev–Trinajstić information content (AvgIpc) is 3.21. The molecule has 0 spiro atoms. The van der Waals surface area contributed by atoms with Gasteiger partial charge in [0.15, 0.2) is 6.29 Å². The van der Waals surface area contributed by atoms with E-state index < -0.39 is 0 Å². The van der Waals surface area contributed by atoms with Crippen LogP contribution in [0.1, 0.15) is 15.9 Å². The normalized spacial score (nSPS) is 11.0. The largest absolute Gasteiger partial charge is 0.345 e. The summed E-state index contributed by atoms with van der Waals surface area (Å²) in [5.74, 6) is 0. The second-order valence-corrected chi connectivity index (χ2v) is 5.39. The summed E-state index contributed by atoms with van der Waals surface area (Å²) in [6, 6.07) is 12.2. The molecule has 3 heterocycles. The van der Waals surface area contributed by atoms with Crippen molar-refractivity contribution in [2.75, 3.05) is 0 Å². The van der Waals surface area contributed by atoms with Gasteiger partial charge in [-0.2, -0.15) is 5.10 Å². The minimum absolute atomic E-state index is 0.617. The van der Waals surface area contributed by atoms with Crippen LogP contribution in [0, 0.1) is 0 Å². The Morgan fingerprint density at radius 2 is 2.00 bits per heavy atom. The minimum atomic E-state index is 0.617. The van der Waals surface area contributed by atoms with E-state index in [2.05, 4.69) is 27.2 Å². The number of nitrogens with zero attached hydrogens (tertiary/aromatic N) is 3. The molecule has 0 radical (unpaired) electrons. The van der Waals surface area contributed by atoms with Crippen molar-refractivity contribution in [1.29, 1.82) is 0 Å². The molecule has 0 bridgehead atoms. The van der Waals surface area contributed by atoms with Gasteiger partial charge in [-0.05, 0) is 11.6 Å². The van der Waals surface area contributed by atoms with Crippen molar-refractivity contribution in [1.82, 2.24) is 19.7 Å². The number of rotatable bonds is 4. The number of fused-ring (bicyclic) bond motifs is 1. The standard InChI is InChI=1S/C18H14N4O/c23-12-16-8-20-18-17(16)6-14(7-19-18)15-9-21-22(11-15)10-13-4-2-1-3-5-13/h1-9,11-12H,10H2,(H,19,20). The summed E-state index contributed by atoms with van der Waals surface area (Å²) < 4.78 is 1.90. The Morgan fingerprint density at radius 1 is 1.13 bits per heavy atom. The van der Waals surface area contributed by atoms with Crippen molar-refractivity contribution < 1.29 is 4.79 Å². The summed E-state index contributed by atoms with van der Waals surface area (Å²) in [5, 5.41) is 5.24. The fourth-order valence-electron chi connectivity index (χ4n) is 2.65. The first-order valence-electron chi connectivity index (χ1n) is 7.32. The maximum Gasteiger partial charge on any atom is 0.152 e.